The van der Waals surface area contributed by atoms with Crippen LogP contribution in [0.25, 0.3) is 32.7 Å². The molecule has 0 nitrogen and oxygen atoms in total. The molecule has 1 atom stereocenters. The Balaban J connectivity index is 2.04. The summed E-state index contributed by atoms with van der Waals surface area (Å²) >= 11 is 7.63. The highest BCUT2D eigenvalue weighted by Gasteiger charge is 2.25. The molecule has 0 fully saturated rings. The lowest BCUT2D eigenvalue weighted by molar-refractivity contribution is 0.689. The second-order valence-electron chi connectivity index (χ2n) is 7.25. The molecule has 0 aromatic heterocycles. The van der Waals surface area contributed by atoms with Crippen LogP contribution in [0, 0.1) is 0 Å². The lowest BCUT2D eigenvalue weighted by atomic mass is 9.86. The molecule has 0 saturated heterocycles. The summed E-state index contributed by atoms with van der Waals surface area (Å²) in [5.41, 5.74) is 5.76. The summed E-state index contributed by atoms with van der Waals surface area (Å²) < 4.78 is 2.40. The highest BCUT2D eigenvalue weighted by molar-refractivity contribution is 9.11. The quantitative estimate of drug-likeness (QED) is 0.245. The molecule has 0 saturated carbocycles. The van der Waals surface area contributed by atoms with E-state index in [-0.39, 0.29) is 0 Å². The molecule has 0 N–H and O–H groups in total. The Morgan fingerprint density at radius 3 is 1.92 bits per heavy atom. The molecule has 0 aliphatic heterocycles. The van der Waals surface area contributed by atoms with Crippen molar-refractivity contribution < 1.29 is 0 Å². The molecule has 128 valence electrons. The fourth-order valence-electron chi connectivity index (χ4n) is 4.42. The first-order valence-corrected chi connectivity index (χ1v) is 10.7. The number of hydrogen-bond acceptors (Lipinski definition) is 0. The van der Waals surface area contributed by atoms with Crippen molar-refractivity contribution in [1.29, 1.82) is 0 Å². The summed E-state index contributed by atoms with van der Waals surface area (Å²) in [5, 5.41) is 5.27. The van der Waals surface area contributed by atoms with Gasteiger partial charge in [-0.15, -0.1) is 0 Å². The molecule has 0 bridgehead atoms. The third-order valence-corrected chi connectivity index (χ3v) is 7.04. The maximum atomic E-state index is 3.82. The Bertz CT molecular complexity index is 1170. The lowest BCUT2D eigenvalue weighted by Crippen LogP contribution is -1.96. The van der Waals surface area contributed by atoms with Gasteiger partial charge in [0.25, 0.3) is 0 Å². The van der Waals surface area contributed by atoms with E-state index in [1.54, 1.807) is 0 Å². The van der Waals surface area contributed by atoms with E-state index < -0.39 is 0 Å². The number of halogens is 2. The third-order valence-electron chi connectivity index (χ3n) is 5.73. The molecule has 4 aromatic rings. The van der Waals surface area contributed by atoms with Gasteiger partial charge in [-0.2, -0.15) is 0 Å². The summed E-state index contributed by atoms with van der Waals surface area (Å²) in [5.74, 6) is 0.538. The van der Waals surface area contributed by atoms with E-state index in [9.17, 15) is 0 Å². The molecule has 4 aromatic carbocycles. The van der Waals surface area contributed by atoms with Crippen LogP contribution in [-0.4, -0.2) is 0 Å². The maximum absolute atomic E-state index is 3.82. The number of benzene rings is 4. The van der Waals surface area contributed by atoms with Crippen molar-refractivity contribution in [2.75, 3.05) is 0 Å². The van der Waals surface area contributed by atoms with E-state index in [2.05, 4.69) is 99.4 Å². The van der Waals surface area contributed by atoms with Gasteiger partial charge in [0.2, 0.25) is 0 Å². The fourth-order valence-corrected chi connectivity index (χ4v) is 5.64. The molecular weight excluding hydrogens is 448 g/mol. The normalized spacial score (nSPS) is 16.3. The molecule has 1 aliphatic rings. The summed E-state index contributed by atoms with van der Waals surface area (Å²) in [4.78, 5) is 0. The monoisotopic (exact) mass is 464 g/mol. The van der Waals surface area contributed by atoms with Crippen molar-refractivity contribution >= 4 is 53.4 Å². The van der Waals surface area contributed by atoms with Gasteiger partial charge in [-0.1, -0.05) is 87.3 Å². The van der Waals surface area contributed by atoms with Gasteiger partial charge in [-0.3, -0.25) is 0 Å². The topological polar surface area (TPSA) is 0 Å². The van der Waals surface area contributed by atoms with E-state index >= 15 is 0 Å². The SMILES string of the molecule is C[C@H]1CCc2cc(Br)c3ccccc3c2-c2c1cc(Br)c1ccccc21. The van der Waals surface area contributed by atoms with Gasteiger partial charge in [0.05, 0.1) is 0 Å². The molecule has 5 rings (SSSR count). The first kappa shape index (κ1) is 16.5. The first-order valence-electron chi connectivity index (χ1n) is 9.07. The fraction of sp³-hybridized carbons (Fsp3) is 0.167. The molecule has 0 spiro atoms. The predicted molar refractivity (Wildman–Crippen MR) is 119 cm³/mol. The Morgan fingerprint density at radius 2 is 1.27 bits per heavy atom. The van der Waals surface area contributed by atoms with Gasteiger partial charge < -0.3 is 0 Å². The minimum atomic E-state index is 0.538. The smallest absolute Gasteiger partial charge is 0.0257 e. The largest absolute Gasteiger partial charge is 0.0616 e. The molecule has 0 unspecified atom stereocenters. The van der Waals surface area contributed by atoms with Crippen molar-refractivity contribution in [2.24, 2.45) is 0 Å². The van der Waals surface area contributed by atoms with Crippen molar-refractivity contribution in [3.8, 4) is 11.1 Å². The van der Waals surface area contributed by atoms with Crippen molar-refractivity contribution in [1.82, 2.24) is 0 Å². The lowest BCUT2D eigenvalue weighted by Gasteiger charge is -2.19. The van der Waals surface area contributed by atoms with Crippen LogP contribution in [-0.2, 0) is 6.42 Å². The van der Waals surface area contributed by atoms with Crippen LogP contribution in [0.3, 0.4) is 0 Å². The standard InChI is InChI=1S/C24H18Br2/c1-14-10-11-15-12-21(25)16-6-2-4-8-18(16)23(15)24-19-9-5-3-7-17(19)22(26)13-20(14)24/h2-9,12-14H,10-11H2,1H3/t14-/m0/s1. The van der Waals surface area contributed by atoms with Crippen LogP contribution in [0.4, 0.5) is 0 Å². The van der Waals surface area contributed by atoms with Crippen LogP contribution >= 0.6 is 31.9 Å². The molecule has 0 amide bonds. The maximum Gasteiger partial charge on any atom is 0.0257 e. The highest BCUT2D eigenvalue weighted by Crippen LogP contribution is 2.48. The van der Waals surface area contributed by atoms with Crippen LogP contribution in [0.15, 0.2) is 69.6 Å². The van der Waals surface area contributed by atoms with E-state index in [1.807, 2.05) is 0 Å². The molecule has 0 heterocycles. The number of aryl methyl sites for hydroxylation is 1. The average molecular weight is 466 g/mol. The van der Waals surface area contributed by atoms with Gasteiger partial charge in [0, 0.05) is 8.95 Å². The summed E-state index contributed by atoms with van der Waals surface area (Å²) in [7, 11) is 0. The Hall–Kier alpha value is -1.64. The van der Waals surface area contributed by atoms with Crippen LogP contribution in [0.1, 0.15) is 30.4 Å². The first-order chi connectivity index (χ1) is 12.6. The Labute approximate surface area is 170 Å². The van der Waals surface area contributed by atoms with Crippen LogP contribution < -0.4 is 0 Å². The zero-order chi connectivity index (χ0) is 17.8. The molecule has 2 heteroatoms. The zero-order valence-corrected chi connectivity index (χ0v) is 17.7. The second kappa shape index (κ2) is 6.21. The van der Waals surface area contributed by atoms with Crippen LogP contribution in [0.2, 0.25) is 0 Å². The minimum absolute atomic E-state index is 0.538. The third kappa shape index (κ3) is 2.39. The predicted octanol–water partition coefficient (Wildman–Crippen LogP) is 8.23. The van der Waals surface area contributed by atoms with E-state index in [1.165, 1.54) is 59.2 Å². The molecule has 26 heavy (non-hydrogen) atoms. The van der Waals surface area contributed by atoms with Gasteiger partial charge in [0.1, 0.15) is 0 Å². The van der Waals surface area contributed by atoms with E-state index in [4.69, 9.17) is 0 Å². The summed E-state index contributed by atoms with van der Waals surface area (Å²) in [6, 6.07) is 22.2. The minimum Gasteiger partial charge on any atom is -0.0616 e. The van der Waals surface area contributed by atoms with Gasteiger partial charge in [-0.25, -0.2) is 0 Å². The number of fused-ring (bicyclic) bond motifs is 7. The zero-order valence-electron chi connectivity index (χ0n) is 14.5. The van der Waals surface area contributed by atoms with Crippen molar-refractivity contribution in [3.05, 3.63) is 80.7 Å². The Kier molecular flexibility index (Phi) is 3.95. The molecule has 1 aliphatic carbocycles. The average Bonchev–Trinajstić information content (AvgIpc) is 2.80. The summed E-state index contributed by atoms with van der Waals surface area (Å²) in [6.07, 6.45) is 2.29. The van der Waals surface area contributed by atoms with E-state index in [0.717, 1.165) is 6.42 Å². The van der Waals surface area contributed by atoms with Gasteiger partial charge in [0.15, 0.2) is 0 Å². The Morgan fingerprint density at radius 1 is 0.731 bits per heavy atom. The van der Waals surface area contributed by atoms with E-state index in [0.29, 0.717) is 5.92 Å². The second-order valence-corrected chi connectivity index (χ2v) is 8.95. The van der Waals surface area contributed by atoms with Crippen molar-refractivity contribution in [2.45, 2.75) is 25.7 Å². The van der Waals surface area contributed by atoms with Crippen molar-refractivity contribution in [3.63, 3.8) is 0 Å². The number of hydrogen-bond donors (Lipinski definition) is 0. The molecular formula is C24H18Br2. The number of rotatable bonds is 0. The summed E-state index contributed by atoms with van der Waals surface area (Å²) in [6.45, 7) is 2.36. The van der Waals surface area contributed by atoms with Gasteiger partial charge in [-0.05, 0) is 74.7 Å². The van der Waals surface area contributed by atoms with Gasteiger partial charge >= 0.3 is 0 Å². The van der Waals surface area contributed by atoms with Crippen LogP contribution in [0.5, 0.6) is 0 Å². The highest BCUT2D eigenvalue weighted by atomic mass is 79.9. The molecule has 0 radical (unpaired) electrons.